The van der Waals surface area contributed by atoms with Gasteiger partial charge in [0.15, 0.2) is 0 Å². The van der Waals surface area contributed by atoms with Gasteiger partial charge in [0, 0.05) is 38.0 Å². The molecule has 2 aromatic carbocycles. The molecule has 0 saturated carbocycles. The molecule has 3 aromatic rings. The topological polar surface area (TPSA) is 78.7 Å². The fourth-order valence-corrected chi connectivity index (χ4v) is 4.94. The van der Waals surface area contributed by atoms with Crippen LogP contribution in [0.2, 0.25) is 5.02 Å². The summed E-state index contributed by atoms with van der Waals surface area (Å²) in [6.45, 7) is 5.17. The molecule has 31 heavy (non-hydrogen) atoms. The summed E-state index contributed by atoms with van der Waals surface area (Å²) in [5, 5.41) is 8.31. The molecule has 2 aliphatic heterocycles. The monoisotopic (exact) mass is 438 g/mol. The van der Waals surface area contributed by atoms with E-state index in [1.165, 1.54) is 0 Å². The van der Waals surface area contributed by atoms with E-state index in [4.69, 9.17) is 16.1 Å². The fourth-order valence-electron chi connectivity index (χ4n) is 4.56. The Kier molecular flexibility index (Phi) is 5.06. The number of hydrogen-bond acceptors (Lipinski definition) is 6. The zero-order valence-electron chi connectivity index (χ0n) is 17.2. The second-order valence-corrected chi connectivity index (χ2v) is 8.45. The van der Waals surface area contributed by atoms with E-state index < -0.39 is 0 Å². The number of piperidine rings is 1. The largest absolute Gasteiger partial charge is 0.367 e. The Labute approximate surface area is 184 Å². The van der Waals surface area contributed by atoms with Gasteiger partial charge in [-0.2, -0.15) is 0 Å². The first-order chi connectivity index (χ1) is 15.0. The molecule has 0 bridgehead atoms. The van der Waals surface area contributed by atoms with Gasteiger partial charge in [0.2, 0.25) is 11.8 Å². The van der Waals surface area contributed by atoms with Crippen molar-refractivity contribution in [1.29, 1.82) is 0 Å². The molecule has 2 aliphatic rings. The van der Waals surface area contributed by atoms with Crippen molar-refractivity contribution < 1.29 is 14.1 Å². The van der Waals surface area contributed by atoms with Crippen LogP contribution in [-0.4, -0.2) is 43.2 Å². The number of aryl methyl sites for hydroxylation is 1. The maximum absolute atomic E-state index is 12.3. The minimum atomic E-state index is -0.389. The fraction of sp³-hybridized carbons (Fsp3) is 0.348. The minimum Gasteiger partial charge on any atom is -0.367 e. The minimum absolute atomic E-state index is 0.220. The van der Waals surface area contributed by atoms with E-state index in [2.05, 4.69) is 26.3 Å². The highest BCUT2D eigenvalue weighted by Gasteiger charge is 2.31. The first kappa shape index (κ1) is 19.9. The number of benzene rings is 2. The van der Waals surface area contributed by atoms with Crippen molar-refractivity contribution in [2.75, 3.05) is 36.0 Å². The van der Waals surface area contributed by atoms with Gasteiger partial charge >= 0.3 is 0 Å². The maximum atomic E-state index is 12.3. The number of piperazine rings is 1. The molecule has 5 rings (SSSR count). The number of aromatic nitrogens is 1. The Morgan fingerprint density at radius 1 is 1.03 bits per heavy atom. The van der Waals surface area contributed by atoms with Crippen LogP contribution >= 0.6 is 11.6 Å². The van der Waals surface area contributed by atoms with Gasteiger partial charge in [-0.15, -0.1) is 0 Å². The lowest BCUT2D eigenvalue weighted by Gasteiger charge is -2.38. The number of carbonyl (C=O) groups excluding carboxylic acids is 2. The summed E-state index contributed by atoms with van der Waals surface area (Å²) in [6, 6.07) is 12.0. The number of nitrogens with zero attached hydrogens (tertiary/aromatic N) is 3. The number of fused-ring (bicyclic) bond motifs is 1. The summed E-state index contributed by atoms with van der Waals surface area (Å²) in [5.74, 6) is -0.0509. The SMILES string of the molecule is Cc1onc2c(N3CCN(c4cccc(C5CCC(=O)NC5=O)c4Cl)CC3)cccc12. The third-order valence-electron chi connectivity index (χ3n) is 6.25. The molecule has 2 saturated heterocycles. The lowest BCUT2D eigenvalue weighted by Crippen LogP contribution is -2.46. The first-order valence-corrected chi connectivity index (χ1v) is 10.9. The number of carbonyl (C=O) groups is 2. The van der Waals surface area contributed by atoms with Crippen LogP contribution in [0, 0.1) is 6.92 Å². The Hall–Kier alpha value is -3.06. The highest BCUT2D eigenvalue weighted by molar-refractivity contribution is 6.34. The van der Waals surface area contributed by atoms with E-state index in [1.54, 1.807) is 0 Å². The third-order valence-corrected chi connectivity index (χ3v) is 6.66. The molecule has 8 heteroatoms. The Bertz CT molecular complexity index is 1170. The lowest BCUT2D eigenvalue weighted by molar-refractivity contribution is -0.134. The molecule has 0 aliphatic carbocycles. The molecular weight excluding hydrogens is 416 g/mol. The molecular formula is C23H23ClN4O3. The Morgan fingerprint density at radius 2 is 1.71 bits per heavy atom. The summed E-state index contributed by atoms with van der Waals surface area (Å²) < 4.78 is 5.38. The summed E-state index contributed by atoms with van der Waals surface area (Å²) in [5.41, 5.74) is 3.69. The predicted octanol–water partition coefficient (Wildman–Crippen LogP) is 3.64. The molecule has 1 N–H and O–H groups in total. The van der Waals surface area contributed by atoms with Crippen molar-refractivity contribution in [2.45, 2.75) is 25.7 Å². The molecule has 1 aromatic heterocycles. The van der Waals surface area contributed by atoms with Crippen molar-refractivity contribution >= 4 is 45.7 Å². The molecule has 2 amide bonds. The van der Waals surface area contributed by atoms with Gasteiger partial charge in [0.05, 0.1) is 22.3 Å². The van der Waals surface area contributed by atoms with Crippen LogP contribution in [0.1, 0.15) is 30.1 Å². The van der Waals surface area contributed by atoms with Gasteiger partial charge in [0.25, 0.3) is 0 Å². The van der Waals surface area contributed by atoms with Crippen LogP contribution in [0.3, 0.4) is 0 Å². The van der Waals surface area contributed by atoms with Gasteiger partial charge in [0.1, 0.15) is 11.3 Å². The molecule has 1 unspecified atom stereocenters. The Balaban J connectivity index is 1.35. The number of nitrogens with one attached hydrogen (secondary N) is 1. The summed E-state index contributed by atoms with van der Waals surface area (Å²) in [7, 11) is 0. The maximum Gasteiger partial charge on any atom is 0.234 e. The standard InChI is InChI=1S/C23H23ClN4O3/c1-14-15-4-2-7-19(22(15)26-31-14)28-12-10-27(11-13-28)18-6-3-5-16(21(18)24)17-8-9-20(29)25-23(17)30/h2-7,17H,8-13H2,1H3,(H,25,29,30). The highest BCUT2D eigenvalue weighted by atomic mass is 35.5. The highest BCUT2D eigenvalue weighted by Crippen LogP contribution is 2.37. The van der Waals surface area contributed by atoms with E-state index in [1.807, 2.05) is 37.3 Å². The number of rotatable bonds is 3. The van der Waals surface area contributed by atoms with Crippen molar-refractivity contribution in [3.05, 3.63) is 52.7 Å². The predicted molar refractivity (Wildman–Crippen MR) is 120 cm³/mol. The van der Waals surface area contributed by atoms with Crippen LogP contribution in [0.25, 0.3) is 10.9 Å². The summed E-state index contributed by atoms with van der Waals surface area (Å²) in [6.07, 6.45) is 0.825. The van der Waals surface area contributed by atoms with Crippen molar-refractivity contribution in [1.82, 2.24) is 10.5 Å². The number of halogens is 1. The average Bonchev–Trinajstić information content (AvgIpc) is 3.16. The molecule has 1 atom stereocenters. The molecule has 0 spiro atoms. The van der Waals surface area contributed by atoms with Gasteiger partial charge < -0.3 is 14.3 Å². The second kappa shape index (κ2) is 7.89. The molecule has 7 nitrogen and oxygen atoms in total. The van der Waals surface area contributed by atoms with Crippen LogP contribution in [0.4, 0.5) is 11.4 Å². The van der Waals surface area contributed by atoms with Gasteiger partial charge in [-0.1, -0.05) is 35.0 Å². The Morgan fingerprint density at radius 3 is 2.45 bits per heavy atom. The smallest absolute Gasteiger partial charge is 0.234 e. The summed E-state index contributed by atoms with van der Waals surface area (Å²) >= 11 is 6.77. The number of hydrogen-bond donors (Lipinski definition) is 1. The quantitative estimate of drug-likeness (QED) is 0.629. The van der Waals surface area contributed by atoms with Crippen LogP contribution in [0.5, 0.6) is 0 Å². The van der Waals surface area contributed by atoms with E-state index in [0.717, 1.165) is 59.8 Å². The van der Waals surface area contributed by atoms with E-state index >= 15 is 0 Å². The average molecular weight is 439 g/mol. The zero-order chi connectivity index (χ0) is 21.5. The molecule has 0 radical (unpaired) electrons. The van der Waals surface area contributed by atoms with Crippen molar-refractivity contribution in [3.8, 4) is 0 Å². The number of amides is 2. The van der Waals surface area contributed by atoms with E-state index in [0.29, 0.717) is 17.9 Å². The third kappa shape index (κ3) is 3.53. The molecule has 160 valence electrons. The van der Waals surface area contributed by atoms with Crippen LogP contribution in [-0.2, 0) is 9.59 Å². The summed E-state index contributed by atoms with van der Waals surface area (Å²) in [4.78, 5) is 28.4. The normalized spacial score (nSPS) is 19.7. The van der Waals surface area contributed by atoms with Crippen LogP contribution in [0.15, 0.2) is 40.9 Å². The van der Waals surface area contributed by atoms with Crippen LogP contribution < -0.4 is 15.1 Å². The zero-order valence-corrected chi connectivity index (χ0v) is 18.0. The first-order valence-electron chi connectivity index (χ1n) is 10.5. The van der Waals surface area contributed by atoms with E-state index in [9.17, 15) is 9.59 Å². The van der Waals surface area contributed by atoms with Gasteiger partial charge in [-0.3, -0.25) is 14.9 Å². The van der Waals surface area contributed by atoms with Crippen molar-refractivity contribution in [3.63, 3.8) is 0 Å². The number of anilines is 2. The van der Waals surface area contributed by atoms with Crippen molar-refractivity contribution in [2.24, 2.45) is 0 Å². The van der Waals surface area contributed by atoms with Gasteiger partial charge in [-0.25, -0.2) is 0 Å². The lowest BCUT2D eigenvalue weighted by atomic mass is 9.90. The van der Waals surface area contributed by atoms with Gasteiger partial charge in [-0.05, 0) is 37.1 Å². The second-order valence-electron chi connectivity index (χ2n) is 8.07. The molecule has 3 heterocycles. The number of imide groups is 1. The molecule has 2 fully saturated rings. The van der Waals surface area contributed by atoms with E-state index in [-0.39, 0.29) is 17.7 Å².